The predicted octanol–water partition coefficient (Wildman–Crippen LogP) is 4.18. The molecule has 2 aromatic carbocycles. The number of carbonyl (C=O) groups excluding carboxylic acids is 1. The van der Waals surface area contributed by atoms with E-state index in [9.17, 15) is 28.8 Å². The molecular weight excluding hydrogens is 651 g/mol. The van der Waals surface area contributed by atoms with Crippen LogP contribution in [0.1, 0.15) is 37.2 Å². The zero-order valence-corrected chi connectivity index (χ0v) is 27.9. The molecule has 3 heterocycles. The van der Waals surface area contributed by atoms with Gasteiger partial charge in [-0.2, -0.15) is 0 Å². The summed E-state index contributed by atoms with van der Waals surface area (Å²) in [4.78, 5) is 46.4. The standard InChI is InChI=1S/C33H38Cl2N4O6S/c1-37-13-6-5-8-21(37)19-38-14-16-39(17-15-38)27(40)18-25-29(32(41)42)31(28-23(34)11-7-12-24(28)35)30(33(43)44)26(36-25)20-46(45)22-9-3-2-4-10-22/h2-4,7,9-12,21,31,36H,5-6,8,13-20H2,1H3,(H,41,42)(H,43,44)/t21-,31?,46+/m1/s1. The fourth-order valence-corrected chi connectivity index (χ4v) is 8.28. The van der Waals surface area contributed by atoms with Gasteiger partial charge in [0.2, 0.25) is 5.91 Å². The van der Waals surface area contributed by atoms with Crippen LogP contribution in [0.2, 0.25) is 10.0 Å². The van der Waals surface area contributed by atoms with Crippen LogP contribution in [0.4, 0.5) is 0 Å². The largest absolute Gasteiger partial charge is 0.478 e. The number of carbonyl (C=O) groups is 3. The van der Waals surface area contributed by atoms with Crippen LogP contribution in [-0.4, -0.2) is 105 Å². The van der Waals surface area contributed by atoms with Crippen molar-refractivity contribution in [2.75, 3.05) is 52.1 Å². The first-order chi connectivity index (χ1) is 22.0. The SMILES string of the molecule is CN1CCCC[C@@H]1CN1CCN(C(=O)CC2=C(C(=O)O)C(c3c(Cl)cccc3Cl)C(C(=O)O)=C(C[S@](=O)c3ccccc3)N2)CC1. The number of carboxylic acid groups (broad SMARTS) is 2. The van der Waals surface area contributed by atoms with E-state index < -0.39 is 28.7 Å². The third-order valence-corrected chi connectivity index (χ3v) is 11.0. The summed E-state index contributed by atoms with van der Waals surface area (Å²) in [6.45, 7) is 4.43. The lowest BCUT2D eigenvalue weighted by Gasteiger charge is -2.40. The van der Waals surface area contributed by atoms with E-state index in [1.54, 1.807) is 41.3 Å². The van der Waals surface area contributed by atoms with Gasteiger partial charge in [-0.25, -0.2) is 9.59 Å². The zero-order chi connectivity index (χ0) is 33.0. The fraction of sp³-hybridized carbons (Fsp3) is 0.424. The highest BCUT2D eigenvalue weighted by atomic mass is 35.5. The molecule has 10 nitrogen and oxygen atoms in total. The second-order valence-corrected chi connectivity index (χ2v) is 14.1. The summed E-state index contributed by atoms with van der Waals surface area (Å²) in [5, 5.41) is 24.1. The number of benzene rings is 2. The first-order valence-electron chi connectivity index (χ1n) is 15.3. The highest BCUT2D eigenvalue weighted by molar-refractivity contribution is 7.85. The Morgan fingerprint density at radius 2 is 1.50 bits per heavy atom. The Bertz CT molecular complexity index is 1550. The number of nitrogens with zero attached hydrogens (tertiary/aromatic N) is 3. The highest BCUT2D eigenvalue weighted by Crippen LogP contribution is 2.45. The molecule has 46 heavy (non-hydrogen) atoms. The molecule has 2 fully saturated rings. The summed E-state index contributed by atoms with van der Waals surface area (Å²) in [7, 11) is 0.470. The van der Waals surface area contributed by atoms with E-state index in [1.807, 2.05) is 0 Å². The summed E-state index contributed by atoms with van der Waals surface area (Å²) in [6, 6.07) is 13.6. The van der Waals surface area contributed by atoms with E-state index >= 15 is 0 Å². The van der Waals surface area contributed by atoms with Gasteiger partial charge in [0.15, 0.2) is 0 Å². The van der Waals surface area contributed by atoms with Crippen LogP contribution in [0.5, 0.6) is 0 Å². The Hall–Kier alpha value is -3.22. The fourth-order valence-electron chi connectivity index (χ4n) is 6.55. The molecule has 3 aliphatic rings. The lowest BCUT2D eigenvalue weighted by molar-refractivity contribution is -0.133. The second-order valence-electron chi connectivity index (χ2n) is 11.9. The van der Waals surface area contributed by atoms with E-state index in [4.69, 9.17) is 23.2 Å². The third kappa shape index (κ3) is 7.66. The molecule has 0 radical (unpaired) electrons. The third-order valence-electron chi connectivity index (χ3n) is 9.00. The molecule has 0 saturated carbocycles. The first kappa shape index (κ1) is 34.1. The van der Waals surface area contributed by atoms with Gasteiger partial charge in [0.1, 0.15) is 0 Å². The van der Waals surface area contributed by atoms with Crippen molar-refractivity contribution >= 4 is 51.8 Å². The van der Waals surface area contributed by atoms with Gasteiger partial charge in [-0.1, -0.05) is 53.9 Å². The maximum absolute atomic E-state index is 13.7. The number of carboxylic acids is 2. The van der Waals surface area contributed by atoms with Crippen molar-refractivity contribution in [1.82, 2.24) is 20.0 Å². The van der Waals surface area contributed by atoms with Gasteiger partial charge >= 0.3 is 11.9 Å². The zero-order valence-electron chi connectivity index (χ0n) is 25.6. The maximum Gasteiger partial charge on any atom is 0.334 e. The normalized spacial score (nSPS) is 22.0. The van der Waals surface area contributed by atoms with Crippen LogP contribution in [0.25, 0.3) is 0 Å². The molecule has 13 heteroatoms. The lowest BCUT2D eigenvalue weighted by atomic mass is 9.79. The number of amides is 1. The molecule has 0 spiro atoms. The monoisotopic (exact) mass is 688 g/mol. The van der Waals surface area contributed by atoms with Crippen LogP contribution in [-0.2, 0) is 25.2 Å². The van der Waals surface area contributed by atoms with Crippen molar-refractivity contribution in [1.29, 1.82) is 0 Å². The van der Waals surface area contributed by atoms with Crippen LogP contribution in [0.15, 0.2) is 76.0 Å². The van der Waals surface area contributed by atoms with E-state index in [1.165, 1.54) is 25.0 Å². The molecule has 0 aliphatic carbocycles. The minimum atomic E-state index is -1.69. The van der Waals surface area contributed by atoms with Crippen LogP contribution < -0.4 is 5.32 Å². The number of likely N-dealkylation sites (N-methyl/N-ethyl adjacent to an activating group) is 1. The van der Waals surface area contributed by atoms with Crippen LogP contribution in [0, 0.1) is 0 Å². The van der Waals surface area contributed by atoms with Gasteiger partial charge < -0.3 is 25.3 Å². The molecule has 3 atom stereocenters. The van der Waals surface area contributed by atoms with Gasteiger partial charge in [-0.3, -0.25) is 13.9 Å². The number of dihydropyridines is 1. The van der Waals surface area contributed by atoms with Gasteiger partial charge in [0.05, 0.1) is 40.0 Å². The van der Waals surface area contributed by atoms with Gasteiger partial charge in [0, 0.05) is 70.7 Å². The van der Waals surface area contributed by atoms with E-state index in [0.29, 0.717) is 37.1 Å². The highest BCUT2D eigenvalue weighted by Gasteiger charge is 2.41. The predicted molar refractivity (Wildman–Crippen MR) is 177 cm³/mol. The molecule has 3 aliphatic heterocycles. The number of hydrogen-bond donors (Lipinski definition) is 3. The molecule has 246 valence electrons. The Morgan fingerprint density at radius 1 is 0.870 bits per heavy atom. The van der Waals surface area contributed by atoms with E-state index in [0.717, 1.165) is 19.5 Å². The number of nitrogens with one attached hydrogen (secondary N) is 1. The summed E-state index contributed by atoms with van der Waals surface area (Å²) in [6.07, 6.45) is 3.28. The average molecular weight is 690 g/mol. The molecule has 2 saturated heterocycles. The molecule has 0 aromatic heterocycles. The minimum Gasteiger partial charge on any atom is -0.478 e. The van der Waals surface area contributed by atoms with Gasteiger partial charge in [-0.15, -0.1) is 0 Å². The van der Waals surface area contributed by atoms with Crippen LogP contribution in [0.3, 0.4) is 0 Å². The summed E-state index contributed by atoms with van der Waals surface area (Å²) < 4.78 is 13.4. The van der Waals surface area contributed by atoms with Gasteiger partial charge in [0.25, 0.3) is 0 Å². The van der Waals surface area contributed by atoms with Crippen molar-refractivity contribution < 1.29 is 28.8 Å². The van der Waals surface area contributed by atoms with Crippen molar-refractivity contribution in [2.45, 2.75) is 42.5 Å². The molecule has 0 bridgehead atoms. The average Bonchev–Trinajstić information content (AvgIpc) is 3.02. The number of halogens is 2. The Kier molecular flexibility index (Phi) is 11.2. The van der Waals surface area contributed by atoms with Gasteiger partial charge in [-0.05, 0) is 50.7 Å². The van der Waals surface area contributed by atoms with E-state index in [2.05, 4.69) is 22.2 Å². The van der Waals surface area contributed by atoms with Crippen LogP contribution >= 0.6 is 23.2 Å². The molecule has 3 N–H and O–H groups in total. The number of piperidine rings is 1. The number of hydrogen-bond acceptors (Lipinski definition) is 7. The number of rotatable bonds is 10. The smallest absolute Gasteiger partial charge is 0.334 e. The molecular formula is C33H38Cl2N4O6S. The topological polar surface area (TPSA) is 130 Å². The lowest BCUT2D eigenvalue weighted by Crippen LogP contribution is -2.53. The number of aliphatic carboxylic acids is 2. The number of piperazine rings is 1. The Labute approximate surface area is 281 Å². The van der Waals surface area contributed by atoms with Crippen molar-refractivity contribution in [2.24, 2.45) is 0 Å². The summed E-state index contributed by atoms with van der Waals surface area (Å²) in [5.41, 5.74) is -0.529. The summed E-state index contributed by atoms with van der Waals surface area (Å²) >= 11 is 13.1. The first-order valence-corrected chi connectivity index (χ1v) is 17.4. The quantitative estimate of drug-likeness (QED) is 0.337. The molecule has 5 rings (SSSR count). The molecule has 1 unspecified atom stereocenters. The summed E-state index contributed by atoms with van der Waals surface area (Å²) in [5.74, 6) is -4.81. The molecule has 1 amide bonds. The minimum absolute atomic E-state index is 0.0230. The van der Waals surface area contributed by atoms with Crippen molar-refractivity contribution in [3.8, 4) is 0 Å². The van der Waals surface area contributed by atoms with E-state index in [-0.39, 0.29) is 56.2 Å². The Morgan fingerprint density at radius 3 is 2.11 bits per heavy atom. The Balaban J connectivity index is 1.45. The van der Waals surface area contributed by atoms with Crippen molar-refractivity contribution in [3.63, 3.8) is 0 Å². The van der Waals surface area contributed by atoms with Crippen molar-refractivity contribution in [3.05, 3.63) is 86.7 Å². The number of likely N-dealkylation sites (tertiary alicyclic amines) is 1. The maximum atomic E-state index is 13.7. The second kappa shape index (κ2) is 15.1. The molecule has 2 aromatic rings.